The fourth-order valence-corrected chi connectivity index (χ4v) is 2.10. The summed E-state index contributed by atoms with van der Waals surface area (Å²) >= 11 is 0. The third-order valence-electron chi connectivity index (χ3n) is 3.03. The SMILES string of the molecule is C#Cc1cccc(NC2N=CNc3ccccc32)c1. The van der Waals surface area contributed by atoms with Crippen LogP contribution >= 0.6 is 0 Å². The number of fused-ring (bicyclic) bond motifs is 1. The molecule has 0 aromatic heterocycles. The highest BCUT2D eigenvalue weighted by Crippen LogP contribution is 2.29. The van der Waals surface area contributed by atoms with E-state index < -0.39 is 0 Å². The van der Waals surface area contributed by atoms with Crippen molar-refractivity contribution in [2.24, 2.45) is 4.99 Å². The molecule has 0 saturated carbocycles. The molecule has 1 aliphatic heterocycles. The smallest absolute Gasteiger partial charge is 0.148 e. The van der Waals surface area contributed by atoms with Crippen molar-refractivity contribution in [2.45, 2.75) is 6.17 Å². The summed E-state index contributed by atoms with van der Waals surface area (Å²) < 4.78 is 0. The number of nitrogens with zero attached hydrogens (tertiary/aromatic N) is 1. The summed E-state index contributed by atoms with van der Waals surface area (Å²) in [6, 6.07) is 15.9. The maximum absolute atomic E-state index is 5.41. The second-order valence-corrected chi connectivity index (χ2v) is 4.28. The number of terminal acetylenes is 1. The molecule has 0 radical (unpaired) electrons. The summed E-state index contributed by atoms with van der Waals surface area (Å²) in [6.07, 6.45) is 7.03. The second kappa shape index (κ2) is 4.87. The first-order valence-corrected chi connectivity index (χ1v) is 6.07. The summed E-state index contributed by atoms with van der Waals surface area (Å²) in [7, 11) is 0. The van der Waals surface area contributed by atoms with E-state index in [1.807, 2.05) is 42.5 Å². The first-order chi connectivity index (χ1) is 9.36. The van der Waals surface area contributed by atoms with Crippen LogP contribution in [0.3, 0.4) is 0 Å². The van der Waals surface area contributed by atoms with E-state index in [0.29, 0.717) is 0 Å². The number of hydrogen-bond acceptors (Lipinski definition) is 3. The number of nitrogens with one attached hydrogen (secondary N) is 2. The van der Waals surface area contributed by atoms with Gasteiger partial charge in [-0.25, -0.2) is 4.99 Å². The number of benzene rings is 2. The molecule has 0 fully saturated rings. The molecule has 3 nitrogen and oxygen atoms in total. The first-order valence-electron chi connectivity index (χ1n) is 6.07. The average molecular weight is 247 g/mol. The molecule has 1 heterocycles. The van der Waals surface area contributed by atoms with Crippen LogP contribution in [-0.4, -0.2) is 6.34 Å². The molecule has 2 N–H and O–H groups in total. The molecule has 0 bridgehead atoms. The summed E-state index contributed by atoms with van der Waals surface area (Å²) in [6.45, 7) is 0. The highest BCUT2D eigenvalue weighted by atomic mass is 15.1. The van der Waals surface area contributed by atoms with Crippen LogP contribution < -0.4 is 10.6 Å². The Kier molecular flexibility index (Phi) is 2.91. The van der Waals surface area contributed by atoms with E-state index in [-0.39, 0.29) is 6.17 Å². The van der Waals surface area contributed by atoms with Crippen molar-refractivity contribution >= 4 is 17.7 Å². The quantitative estimate of drug-likeness (QED) is 0.799. The molecule has 0 amide bonds. The molecule has 19 heavy (non-hydrogen) atoms. The van der Waals surface area contributed by atoms with Gasteiger partial charge in [-0.15, -0.1) is 6.42 Å². The summed E-state index contributed by atoms with van der Waals surface area (Å²) in [5.41, 5.74) is 4.02. The Bertz CT molecular complexity index is 668. The Morgan fingerprint density at radius 3 is 2.95 bits per heavy atom. The van der Waals surface area contributed by atoms with Crippen molar-refractivity contribution in [1.82, 2.24) is 0 Å². The predicted octanol–water partition coefficient (Wildman–Crippen LogP) is 3.23. The standard InChI is InChI=1S/C16H13N3/c1-2-12-6-5-7-13(10-12)19-16-14-8-3-4-9-15(14)17-11-18-16/h1,3-11,16,19H,(H,17,18). The van der Waals surface area contributed by atoms with Crippen LogP contribution in [0, 0.1) is 12.3 Å². The third kappa shape index (κ3) is 2.29. The van der Waals surface area contributed by atoms with E-state index in [2.05, 4.69) is 27.6 Å². The van der Waals surface area contributed by atoms with Crippen LogP contribution in [0.1, 0.15) is 17.3 Å². The number of aliphatic imine (C=N–C) groups is 1. The Morgan fingerprint density at radius 2 is 2.05 bits per heavy atom. The Balaban J connectivity index is 1.89. The maximum atomic E-state index is 5.41. The first kappa shape index (κ1) is 11.4. The predicted molar refractivity (Wildman–Crippen MR) is 79.3 cm³/mol. The van der Waals surface area contributed by atoms with Gasteiger partial charge < -0.3 is 10.6 Å². The summed E-state index contributed by atoms with van der Waals surface area (Å²) in [4.78, 5) is 4.42. The van der Waals surface area contributed by atoms with Crippen LogP contribution in [0.2, 0.25) is 0 Å². The van der Waals surface area contributed by atoms with E-state index in [9.17, 15) is 0 Å². The average Bonchev–Trinajstić information content (AvgIpc) is 2.48. The minimum Gasteiger partial charge on any atom is -0.360 e. The second-order valence-electron chi connectivity index (χ2n) is 4.28. The molecule has 1 aliphatic rings. The van der Waals surface area contributed by atoms with Crippen LogP contribution in [0.15, 0.2) is 53.5 Å². The number of rotatable bonds is 2. The van der Waals surface area contributed by atoms with Gasteiger partial charge in [0.2, 0.25) is 0 Å². The molecule has 0 saturated heterocycles. The molecule has 1 atom stereocenters. The van der Waals surface area contributed by atoms with Crippen molar-refractivity contribution in [2.75, 3.05) is 10.6 Å². The van der Waals surface area contributed by atoms with Crippen molar-refractivity contribution < 1.29 is 0 Å². The van der Waals surface area contributed by atoms with Crippen molar-refractivity contribution in [1.29, 1.82) is 0 Å². The van der Waals surface area contributed by atoms with Gasteiger partial charge >= 0.3 is 0 Å². The molecule has 3 heteroatoms. The lowest BCUT2D eigenvalue weighted by atomic mass is 10.1. The fraction of sp³-hybridized carbons (Fsp3) is 0.0625. The number of para-hydroxylation sites is 1. The minimum atomic E-state index is -0.0922. The van der Waals surface area contributed by atoms with Gasteiger partial charge in [0.15, 0.2) is 0 Å². The fourth-order valence-electron chi connectivity index (χ4n) is 2.10. The summed E-state index contributed by atoms with van der Waals surface area (Å²) in [5, 5.41) is 6.52. The molecule has 0 spiro atoms. The zero-order valence-electron chi connectivity index (χ0n) is 10.3. The maximum Gasteiger partial charge on any atom is 0.148 e. The van der Waals surface area contributed by atoms with Gasteiger partial charge in [0.25, 0.3) is 0 Å². The molecule has 2 aromatic carbocycles. The van der Waals surface area contributed by atoms with Crippen LogP contribution in [0.4, 0.5) is 11.4 Å². The lowest BCUT2D eigenvalue weighted by Crippen LogP contribution is -2.16. The molecule has 92 valence electrons. The van der Waals surface area contributed by atoms with Crippen molar-refractivity contribution in [3.8, 4) is 12.3 Å². The van der Waals surface area contributed by atoms with Gasteiger partial charge in [0.1, 0.15) is 6.17 Å². The van der Waals surface area contributed by atoms with E-state index >= 15 is 0 Å². The largest absolute Gasteiger partial charge is 0.360 e. The highest BCUT2D eigenvalue weighted by Gasteiger charge is 2.16. The third-order valence-corrected chi connectivity index (χ3v) is 3.03. The molecule has 0 aliphatic carbocycles. The van der Waals surface area contributed by atoms with Crippen molar-refractivity contribution in [3.05, 3.63) is 59.7 Å². The lowest BCUT2D eigenvalue weighted by Gasteiger charge is -2.22. The Hall–Kier alpha value is -2.73. The monoisotopic (exact) mass is 247 g/mol. The minimum absolute atomic E-state index is 0.0922. The van der Waals surface area contributed by atoms with Crippen LogP contribution in [0.5, 0.6) is 0 Å². The van der Waals surface area contributed by atoms with Crippen molar-refractivity contribution in [3.63, 3.8) is 0 Å². The van der Waals surface area contributed by atoms with Gasteiger partial charge in [-0.05, 0) is 24.3 Å². The molecular formula is C16H13N3. The van der Waals surface area contributed by atoms with Gasteiger partial charge in [0, 0.05) is 22.5 Å². The topological polar surface area (TPSA) is 36.4 Å². The van der Waals surface area contributed by atoms with Gasteiger partial charge in [0.05, 0.1) is 6.34 Å². The Labute approximate surface area is 112 Å². The number of hydrogen-bond donors (Lipinski definition) is 2. The van der Waals surface area contributed by atoms with E-state index in [0.717, 1.165) is 22.5 Å². The molecule has 2 aromatic rings. The highest BCUT2D eigenvalue weighted by molar-refractivity contribution is 5.80. The van der Waals surface area contributed by atoms with Gasteiger partial charge in [-0.1, -0.05) is 30.2 Å². The van der Waals surface area contributed by atoms with E-state index in [1.54, 1.807) is 6.34 Å². The molecule has 1 unspecified atom stereocenters. The zero-order valence-corrected chi connectivity index (χ0v) is 10.3. The summed E-state index contributed by atoms with van der Waals surface area (Å²) in [5.74, 6) is 2.63. The normalized spacial score (nSPS) is 16.1. The zero-order chi connectivity index (χ0) is 13.1. The molecular weight excluding hydrogens is 234 g/mol. The lowest BCUT2D eigenvalue weighted by molar-refractivity contribution is 0.836. The van der Waals surface area contributed by atoms with Crippen LogP contribution in [0.25, 0.3) is 0 Å². The number of anilines is 2. The molecule has 3 rings (SSSR count). The van der Waals surface area contributed by atoms with Gasteiger partial charge in [-0.2, -0.15) is 0 Å². The van der Waals surface area contributed by atoms with Gasteiger partial charge in [-0.3, -0.25) is 0 Å². The van der Waals surface area contributed by atoms with E-state index in [4.69, 9.17) is 6.42 Å². The van der Waals surface area contributed by atoms with Crippen LogP contribution in [-0.2, 0) is 0 Å². The Morgan fingerprint density at radius 1 is 1.16 bits per heavy atom. The van der Waals surface area contributed by atoms with E-state index in [1.165, 1.54) is 0 Å².